The van der Waals surface area contributed by atoms with E-state index in [0.717, 1.165) is 12.1 Å². The fourth-order valence-electron chi connectivity index (χ4n) is 2.50. The minimum absolute atomic E-state index is 0.0135. The Hall–Kier alpha value is -1.54. The molecule has 0 bridgehead atoms. The van der Waals surface area contributed by atoms with E-state index in [1.165, 1.54) is 6.07 Å². The average molecular weight is 346 g/mol. The molecule has 2 N–H and O–H groups in total. The van der Waals surface area contributed by atoms with E-state index in [9.17, 15) is 22.0 Å². The van der Waals surface area contributed by atoms with Crippen molar-refractivity contribution in [3.05, 3.63) is 35.4 Å². The van der Waals surface area contributed by atoms with Gasteiger partial charge in [-0.3, -0.25) is 4.79 Å². The molecule has 0 saturated carbocycles. The van der Waals surface area contributed by atoms with Crippen molar-refractivity contribution in [2.24, 2.45) is 5.92 Å². The Kier molecular flexibility index (Phi) is 5.69. The smallest absolute Gasteiger partial charge is 0.233 e. The fourth-order valence-corrected chi connectivity index (χ4v) is 4.36. The summed E-state index contributed by atoms with van der Waals surface area (Å²) in [4.78, 5) is 11.8. The van der Waals surface area contributed by atoms with Gasteiger partial charge in [0.05, 0.1) is 18.1 Å². The number of halogens is 2. The van der Waals surface area contributed by atoms with Gasteiger partial charge in [0.25, 0.3) is 0 Å². The van der Waals surface area contributed by atoms with Crippen molar-refractivity contribution in [3.63, 3.8) is 0 Å². The molecule has 1 aromatic carbocycles. The van der Waals surface area contributed by atoms with Crippen LogP contribution >= 0.6 is 0 Å². The summed E-state index contributed by atoms with van der Waals surface area (Å²) in [6.07, 6.45) is 0.571. The third kappa shape index (κ3) is 5.24. The van der Waals surface area contributed by atoms with Crippen LogP contribution in [0.15, 0.2) is 18.2 Å². The molecule has 2 rings (SSSR count). The molecule has 2 atom stereocenters. The van der Waals surface area contributed by atoms with Crippen LogP contribution in [0.25, 0.3) is 0 Å². The van der Waals surface area contributed by atoms with E-state index in [-0.39, 0.29) is 35.9 Å². The number of benzene rings is 1. The van der Waals surface area contributed by atoms with Gasteiger partial charge in [0.15, 0.2) is 21.5 Å². The lowest BCUT2D eigenvalue weighted by molar-refractivity contribution is -0.120. The lowest BCUT2D eigenvalue weighted by atomic mass is 10.1. The van der Waals surface area contributed by atoms with Crippen molar-refractivity contribution in [2.45, 2.75) is 19.4 Å². The molecule has 0 aliphatic carbocycles. The molecule has 1 aliphatic rings. The Morgan fingerprint density at radius 2 is 2.09 bits per heavy atom. The molecule has 1 amide bonds. The number of rotatable bonds is 6. The molecule has 1 aliphatic heterocycles. The molecule has 1 heterocycles. The topological polar surface area (TPSA) is 75.3 Å². The van der Waals surface area contributed by atoms with Gasteiger partial charge < -0.3 is 10.6 Å². The SMILES string of the molecule is C[C@H](NCC(=O)NC[C@@H]1CCS(=O)(=O)C1)c1ccc(F)c(F)c1. The molecule has 0 spiro atoms. The second-order valence-corrected chi connectivity index (χ2v) is 8.08. The van der Waals surface area contributed by atoms with Crippen molar-refractivity contribution in [1.82, 2.24) is 10.6 Å². The van der Waals surface area contributed by atoms with Crippen molar-refractivity contribution >= 4 is 15.7 Å². The van der Waals surface area contributed by atoms with Gasteiger partial charge >= 0.3 is 0 Å². The number of carbonyl (C=O) groups is 1. The highest BCUT2D eigenvalue weighted by molar-refractivity contribution is 7.91. The summed E-state index contributed by atoms with van der Waals surface area (Å²) in [7, 11) is -2.95. The van der Waals surface area contributed by atoms with Gasteiger partial charge in [-0.2, -0.15) is 0 Å². The first-order valence-corrected chi connectivity index (χ1v) is 9.24. The Morgan fingerprint density at radius 3 is 2.70 bits per heavy atom. The summed E-state index contributed by atoms with van der Waals surface area (Å²) in [5.74, 6) is -1.84. The van der Waals surface area contributed by atoms with Crippen LogP contribution < -0.4 is 10.6 Å². The molecular formula is C15H20F2N2O3S. The van der Waals surface area contributed by atoms with E-state index in [1.54, 1.807) is 6.92 Å². The highest BCUT2D eigenvalue weighted by Crippen LogP contribution is 2.17. The minimum Gasteiger partial charge on any atom is -0.355 e. The Morgan fingerprint density at radius 1 is 1.35 bits per heavy atom. The number of hydrogen-bond donors (Lipinski definition) is 2. The molecule has 1 aromatic rings. The van der Waals surface area contributed by atoms with Crippen molar-refractivity contribution in [2.75, 3.05) is 24.6 Å². The molecule has 128 valence electrons. The highest BCUT2D eigenvalue weighted by atomic mass is 32.2. The van der Waals surface area contributed by atoms with E-state index < -0.39 is 21.5 Å². The Labute approximate surface area is 134 Å². The second kappa shape index (κ2) is 7.35. The first-order chi connectivity index (χ1) is 10.8. The summed E-state index contributed by atoms with van der Waals surface area (Å²) in [5.41, 5.74) is 0.540. The van der Waals surface area contributed by atoms with Crippen LogP contribution in [0.1, 0.15) is 24.9 Å². The molecule has 1 fully saturated rings. The standard InChI is InChI=1S/C15H20F2N2O3S/c1-10(12-2-3-13(16)14(17)6-12)18-8-15(20)19-7-11-4-5-23(21,22)9-11/h2-3,6,10-11,18H,4-5,7-9H2,1H3,(H,19,20)/t10-,11-/m0/s1. The van der Waals surface area contributed by atoms with E-state index in [0.29, 0.717) is 18.5 Å². The van der Waals surface area contributed by atoms with Crippen molar-refractivity contribution in [1.29, 1.82) is 0 Å². The molecule has 0 unspecified atom stereocenters. The van der Waals surface area contributed by atoms with Crippen LogP contribution in [0, 0.1) is 17.6 Å². The van der Waals surface area contributed by atoms with Crippen LogP contribution in [0.5, 0.6) is 0 Å². The van der Waals surface area contributed by atoms with Crippen molar-refractivity contribution in [3.8, 4) is 0 Å². The normalized spacial score (nSPS) is 21.1. The van der Waals surface area contributed by atoms with Crippen molar-refractivity contribution < 1.29 is 22.0 Å². The van der Waals surface area contributed by atoms with E-state index >= 15 is 0 Å². The maximum atomic E-state index is 13.2. The van der Waals surface area contributed by atoms with Crippen LogP contribution in [0.2, 0.25) is 0 Å². The highest BCUT2D eigenvalue weighted by Gasteiger charge is 2.27. The van der Waals surface area contributed by atoms with Gasteiger partial charge in [0.1, 0.15) is 0 Å². The van der Waals surface area contributed by atoms with Crippen LogP contribution in [0.4, 0.5) is 8.78 Å². The quantitative estimate of drug-likeness (QED) is 0.811. The van der Waals surface area contributed by atoms with Gasteiger partial charge in [-0.25, -0.2) is 17.2 Å². The number of amides is 1. The molecule has 5 nitrogen and oxygen atoms in total. The third-order valence-electron chi connectivity index (χ3n) is 3.93. The van der Waals surface area contributed by atoms with Gasteiger partial charge in [0.2, 0.25) is 5.91 Å². The number of nitrogens with one attached hydrogen (secondary N) is 2. The lowest BCUT2D eigenvalue weighted by Crippen LogP contribution is -2.37. The van der Waals surface area contributed by atoms with Gasteiger partial charge in [-0.15, -0.1) is 0 Å². The maximum Gasteiger partial charge on any atom is 0.233 e. The predicted molar refractivity (Wildman–Crippen MR) is 82.5 cm³/mol. The summed E-state index contributed by atoms with van der Waals surface area (Å²) in [6, 6.07) is 3.28. The summed E-state index contributed by atoms with van der Waals surface area (Å²) >= 11 is 0. The van der Waals surface area contributed by atoms with Gasteiger partial charge in [0, 0.05) is 12.6 Å². The lowest BCUT2D eigenvalue weighted by Gasteiger charge is -2.15. The molecule has 0 aromatic heterocycles. The van der Waals surface area contributed by atoms with E-state index in [1.807, 2.05) is 0 Å². The largest absolute Gasteiger partial charge is 0.355 e. The minimum atomic E-state index is -2.95. The second-order valence-electron chi connectivity index (χ2n) is 5.85. The summed E-state index contributed by atoms with van der Waals surface area (Å²) in [5, 5.41) is 5.61. The number of hydrogen-bond acceptors (Lipinski definition) is 4. The average Bonchev–Trinajstić information content (AvgIpc) is 2.84. The molecule has 8 heteroatoms. The first kappa shape index (κ1) is 17.8. The first-order valence-electron chi connectivity index (χ1n) is 7.42. The van der Waals surface area contributed by atoms with Crippen LogP contribution in [0.3, 0.4) is 0 Å². The number of carbonyl (C=O) groups excluding carboxylic acids is 1. The summed E-state index contributed by atoms with van der Waals surface area (Å²) in [6.45, 7) is 2.09. The molecule has 0 radical (unpaired) electrons. The Bertz CT molecular complexity index is 679. The molecular weight excluding hydrogens is 326 g/mol. The summed E-state index contributed by atoms with van der Waals surface area (Å²) < 4.78 is 48.7. The monoisotopic (exact) mass is 346 g/mol. The van der Waals surface area contributed by atoms with Gasteiger partial charge in [-0.1, -0.05) is 6.07 Å². The molecule has 1 saturated heterocycles. The Balaban J connectivity index is 1.74. The molecule has 23 heavy (non-hydrogen) atoms. The van der Waals surface area contributed by atoms with Crippen LogP contribution in [-0.2, 0) is 14.6 Å². The fraction of sp³-hybridized carbons (Fsp3) is 0.533. The van der Waals surface area contributed by atoms with Crippen LogP contribution in [-0.4, -0.2) is 38.9 Å². The maximum absolute atomic E-state index is 13.2. The zero-order valence-corrected chi connectivity index (χ0v) is 13.6. The third-order valence-corrected chi connectivity index (χ3v) is 5.76. The predicted octanol–water partition coefficient (Wildman–Crippen LogP) is 1.17. The number of sulfone groups is 1. The van der Waals surface area contributed by atoms with Gasteiger partial charge in [-0.05, 0) is 37.0 Å². The zero-order chi connectivity index (χ0) is 17.0. The zero-order valence-electron chi connectivity index (χ0n) is 12.8. The van der Waals surface area contributed by atoms with E-state index in [2.05, 4.69) is 10.6 Å². The van der Waals surface area contributed by atoms with E-state index in [4.69, 9.17) is 0 Å².